The first-order chi connectivity index (χ1) is 5.27. The lowest BCUT2D eigenvalue weighted by Crippen LogP contribution is -2.22. The molecule has 0 unspecified atom stereocenters. The summed E-state index contributed by atoms with van der Waals surface area (Å²) in [6.07, 6.45) is 5.10. The van der Waals surface area contributed by atoms with Crippen LogP contribution in [-0.2, 0) is 0 Å². The van der Waals surface area contributed by atoms with Gasteiger partial charge >= 0.3 is 0 Å². The maximum atomic E-state index is 5.10. The second kappa shape index (κ2) is 7.97. The third-order valence-corrected chi connectivity index (χ3v) is 2.02. The van der Waals surface area contributed by atoms with Gasteiger partial charge in [-0.25, -0.2) is 0 Å². The van der Waals surface area contributed by atoms with Crippen LogP contribution in [-0.4, -0.2) is 24.6 Å². The first kappa shape index (κ1) is 10.9. The average Bonchev–Trinajstić information content (AvgIpc) is 1.96. The normalized spacial score (nSPS) is 10.0. The van der Waals surface area contributed by atoms with Crippen molar-refractivity contribution in [2.75, 3.05) is 24.6 Å². The molecule has 0 fully saturated rings. The predicted molar refractivity (Wildman–Crippen MR) is 53.9 cm³/mol. The fourth-order valence-corrected chi connectivity index (χ4v) is 1.22. The average molecular weight is 171 g/mol. The van der Waals surface area contributed by atoms with Crippen molar-refractivity contribution < 1.29 is 0 Å². The lowest BCUT2D eigenvalue weighted by molar-refractivity contribution is 0.568. The van der Waals surface area contributed by atoms with Crippen LogP contribution in [0.4, 0.5) is 0 Å². The topological polar surface area (TPSA) is 12.0 Å². The van der Waals surface area contributed by atoms with E-state index in [0.717, 1.165) is 30.5 Å². The van der Waals surface area contributed by atoms with E-state index in [1.54, 1.807) is 11.8 Å². The minimum absolute atomic E-state index is 0.743. The van der Waals surface area contributed by atoms with Gasteiger partial charge in [0.2, 0.25) is 0 Å². The highest BCUT2D eigenvalue weighted by molar-refractivity contribution is 7.99. The van der Waals surface area contributed by atoms with E-state index >= 15 is 0 Å². The number of hydrogen-bond donors (Lipinski definition) is 1. The van der Waals surface area contributed by atoms with E-state index in [1.165, 1.54) is 0 Å². The van der Waals surface area contributed by atoms with E-state index in [0.29, 0.717) is 0 Å². The van der Waals surface area contributed by atoms with Gasteiger partial charge in [-0.3, -0.25) is 0 Å². The molecule has 1 nitrogen and oxygen atoms in total. The lowest BCUT2D eigenvalue weighted by Gasteiger charge is -2.05. The van der Waals surface area contributed by atoms with E-state index in [9.17, 15) is 0 Å². The molecule has 0 aromatic rings. The van der Waals surface area contributed by atoms with E-state index in [-0.39, 0.29) is 0 Å². The van der Waals surface area contributed by atoms with E-state index in [1.807, 2.05) is 0 Å². The Bertz CT molecular complexity index is 115. The van der Waals surface area contributed by atoms with E-state index in [2.05, 4.69) is 25.1 Å². The molecule has 0 atom stereocenters. The van der Waals surface area contributed by atoms with Gasteiger partial charge in [-0.15, -0.1) is 18.2 Å². The fraction of sp³-hybridized carbons (Fsp3) is 0.778. The quantitative estimate of drug-likeness (QED) is 0.481. The Labute approximate surface area is 74.3 Å². The molecule has 0 amide bonds. The highest BCUT2D eigenvalue weighted by Gasteiger charge is 1.91. The molecule has 0 aliphatic carbocycles. The van der Waals surface area contributed by atoms with Gasteiger partial charge < -0.3 is 5.32 Å². The third kappa shape index (κ3) is 9.87. The van der Waals surface area contributed by atoms with Crippen LogP contribution < -0.4 is 5.32 Å². The lowest BCUT2D eigenvalue weighted by atomic mass is 10.2. The molecule has 0 aromatic heterocycles. The number of terminal acetylenes is 1. The SMILES string of the molecule is C#CCSCCNCC(C)C. The Hall–Kier alpha value is -0.130. The van der Waals surface area contributed by atoms with Crippen molar-refractivity contribution in [1.82, 2.24) is 5.32 Å². The van der Waals surface area contributed by atoms with Crippen molar-refractivity contribution in [3.8, 4) is 12.3 Å². The zero-order valence-corrected chi connectivity index (χ0v) is 8.21. The molecule has 0 aliphatic heterocycles. The van der Waals surface area contributed by atoms with Crippen LogP contribution >= 0.6 is 11.8 Å². The van der Waals surface area contributed by atoms with Crippen molar-refractivity contribution in [2.24, 2.45) is 5.92 Å². The molecule has 2 heteroatoms. The third-order valence-electron chi connectivity index (χ3n) is 1.16. The van der Waals surface area contributed by atoms with Gasteiger partial charge in [-0.2, -0.15) is 0 Å². The zero-order chi connectivity index (χ0) is 8.53. The van der Waals surface area contributed by atoms with E-state index < -0.39 is 0 Å². The Morgan fingerprint density at radius 3 is 2.82 bits per heavy atom. The summed E-state index contributed by atoms with van der Waals surface area (Å²) in [4.78, 5) is 0. The van der Waals surface area contributed by atoms with E-state index in [4.69, 9.17) is 6.42 Å². The molecule has 0 aromatic carbocycles. The highest BCUT2D eigenvalue weighted by Crippen LogP contribution is 1.95. The molecular weight excluding hydrogens is 154 g/mol. The largest absolute Gasteiger partial charge is 0.316 e. The monoisotopic (exact) mass is 171 g/mol. The molecule has 0 saturated carbocycles. The van der Waals surface area contributed by atoms with Crippen LogP contribution in [0.1, 0.15) is 13.8 Å². The summed E-state index contributed by atoms with van der Waals surface area (Å²) in [7, 11) is 0. The molecule has 0 spiro atoms. The van der Waals surface area contributed by atoms with Crippen LogP contribution in [0, 0.1) is 18.3 Å². The number of rotatable bonds is 6. The maximum absolute atomic E-state index is 5.10. The molecule has 0 rings (SSSR count). The Morgan fingerprint density at radius 2 is 2.27 bits per heavy atom. The van der Waals surface area contributed by atoms with Crippen LogP contribution in [0.15, 0.2) is 0 Å². The van der Waals surface area contributed by atoms with Crippen LogP contribution in [0.3, 0.4) is 0 Å². The Morgan fingerprint density at radius 1 is 1.55 bits per heavy atom. The summed E-state index contributed by atoms with van der Waals surface area (Å²) in [5.41, 5.74) is 0. The van der Waals surface area contributed by atoms with Gasteiger partial charge in [-0.05, 0) is 12.5 Å². The van der Waals surface area contributed by atoms with Crippen LogP contribution in [0.25, 0.3) is 0 Å². The smallest absolute Gasteiger partial charge is 0.0545 e. The van der Waals surface area contributed by atoms with Crippen LogP contribution in [0.2, 0.25) is 0 Å². The second-order valence-electron chi connectivity index (χ2n) is 2.85. The van der Waals surface area contributed by atoms with Gasteiger partial charge in [0.05, 0.1) is 5.75 Å². The molecule has 0 saturated heterocycles. The fourth-order valence-electron chi connectivity index (χ4n) is 0.666. The minimum atomic E-state index is 0.743. The van der Waals surface area contributed by atoms with Crippen molar-refractivity contribution in [1.29, 1.82) is 0 Å². The standard InChI is InChI=1S/C9H17NS/c1-4-6-11-7-5-10-8-9(2)3/h1,9-10H,5-8H2,2-3H3. The first-order valence-electron chi connectivity index (χ1n) is 3.99. The Balaban J connectivity index is 2.86. The number of thioether (sulfide) groups is 1. The van der Waals surface area contributed by atoms with Crippen molar-refractivity contribution in [3.63, 3.8) is 0 Å². The summed E-state index contributed by atoms with van der Waals surface area (Å²) in [5, 5.41) is 3.35. The molecule has 0 radical (unpaired) electrons. The molecule has 64 valence electrons. The number of hydrogen-bond acceptors (Lipinski definition) is 2. The Kier molecular flexibility index (Phi) is 7.88. The van der Waals surface area contributed by atoms with Gasteiger partial charge in [0.25, 0.3) is 0 Å². The molecule has 0 aliphatic rings. The van der Waals surface area contributed by atoms with Gasteiger partial charge in [0.15, 0.2) is 0 Å². The summed E-state index contributed by atoms with van der Waals surface area (Å²) < 4.78 is 0. The summed E-state index contributed by atoms with van der Waals surface area (Å²) >= 11 is 1.81. The van der Waals surface area contributed by atoms with Crippen molar-refractivity contribution in [2.45, 2.75) is 13.8 Å². The summed E-state index contributed by atoms with van der Waals surface area (Å²) in [6.45, 7) is 6.60. The first-order valence-corrected chi connectivity index (χ1v) is 5.14. The van der Waals surface area contributed by atoms with Crippen LogP contribution in [0.5, 0.6) is 0 Å². The highest BCUT2D eigenvalue weighted by atomic mass is 32.2. The molecule has 0 heterocycles. The molecular formula is C9H17NS. The zero-order valence-electron chi connectivity index (χ0n) is 7.39. The predicted octanol–water partition coefficient (Wildman–Crippen LogP) is 1.60. The van der Waals surface area contributed by atoms with Crippen molar-refractivity contribution >= 4 is 11.8 Å². The minimum Gasteiger partial charge on any atom is -0.316 e. The van der Waals surface area contributed by atoms with Gasteiger partial charge in [0, 0.05) is 12.3 Å². The molecule has 1 N–H and O–H groups in total. The van der Waals surface area contributed by atoms with Crippen molar-refractivity contribution in [3.05, 3.63) is 0 Å². The summed E-state index contributed by atoms with van der Waals surface area (Å²) in [5.74, 6) is 5.30. The van der Waals surface area contributed by atoms with Gasteiger partial charge in [0.1, 0.15) is 0 Å². The number of nitrogens with one attached hydrogen (secondary N) is 1. The van der Waals surface area contributed by atoms with Gasteiger partial charge in [-0.1, -0.05) is 19.8 Å². The second-order valence-corrected chi connectivity index (χ2v) is 3.96. The molecule has 11 heavy (non-hydrogen) atoms. The maximum Gasteiger partial charge on any atom is 0.0545 e. The molecule has 0 bridgehead atoms. The summed E-state index contributed by atoms with van der Waals surface area (Å²) in [6, 6.07) is 0.